The van der Waals surface area contributed by atoms with Crippen molar-refractivity contribution in [1.82, 2.24) is 0 Å². The molecule has 9 nitrogen and oxygen atoms in total. The molecule has 0 unspecified atom stereocenters. The number of ether oxygens (including phenoxy) is 6. The van der Waals surface area contributed by atoms with Crippen LogP contribution in [0.3, 0.4) is 0 Å². The SMILES string of the molecule is CC1=C[C@H]2O[C@@H]3C[C@H]4OC(=O)/C=C\C=C/[C@@H]5O[C@@H](O[C@H]5C)[C@H](O)/C(C)=C\C(=O)OC[C@@]2(CC1)[C@]4(C)[C@@]31CO1. The van der Waals surface area contributed by atoms with Crippen LogP contribution in [-0.4, -0.2) is 78.8 Å². The molecule has 9 heteroatoms. The van der Waals surface area contributed by atoms with Crippen LogP contribution in [0.5, 0.6) is 0 Å². The number of rotatable bonds is 0. The smallest absolute Gasteiger partial charge is 0.331 e. The molecular weight excluding hydrogens is 492 g/mol. The van der Waals surface area contributed by atoms with Gasteiger partial charge >= 0.3 is 11.9 Å². The van der Waals surface area contributed by atoms with E-state index in [0.29, 0.717) is 25.0 Å². The lowest BCUT2D eigenvalue weighted by Crippen LogP contribution is -2.66. The van der Waals surface area contributed by atoms with Crippen molar-refractivity contribution in [3.63, 3.8) is 0 Å². The Morgan fingerprint density at radius 2 is 1.82 bits per heavy atom. The Kier molecular flexibility index (Phi) is 6.23. The molecule has 38 heavy (non-hydrogen) atoms. The third kappa shape index (κ3) is 3.78. The molecule has 4 fully saturated rings. The maximum absolute atomic E-state index is 13.1. The van der Waals surface area contributed by atoms with Gasteiger partial charge < -0.3 is 33.5 Å². The van der Waals surface area contributed by atoms with Gasteiger partial charge in [0, 0.05) is 24.0 Å². The maximum Gasteiger partial charge on any atom is 0.331 e. The Hall–Kier alpha value is -2.30. The number of epoxide rings is 1. The summed E-state index contributed by atoms with van der Waals surface area (Å²) in [5.74, 6) is -1.03. The number of cyclic esters (lactones) is 1. The molecule has 3 saturated heterocycles. The van der Waals surface area contributed by atoms with Gasteiger partial charge in [0.05, 0.1) is 30.3 Å². The molecule has 6 aliphatic rings. The number of fused-ring (bicyclic) bond motifs is 2. The Balaban J connectivity index is 1.39. The monoisotopic (exact) mass is 528 g/mol. The van der Waals surface area contributed by atoms with E-state index in [0.717, 1.165) is 6.42 Å². The van der Waals surface area contributed by atoms with Gasteiger partial charge in [-0.1, -0.05) is 36.8 Å². The topological polar surface area (TPSA) is 113 Å². The van der Waals surface area contributed by atoms with Crippen LogP contribution in [0, 0.1) is 10.8 Å². The highest BCUT2D eigenvalue weighted by molar-refractivity contribution is 5.83. The van der Waals surface area contributed by atoms with Crippen LogP contribution in [0.1, 0.15) is 47.0 Å². The van der Waals surface area contributed by atoms with E-state index in [1.807, 2.05) is 6.92 Å². The van der Waals surface area contributed by atoms with Crippen LogP contribution < -0.4 is 0 Å². The summed E-state index contributed by atoms with van der Waals surface area (Å²) in [6, 6.07) is 0. The number of allylic oxidation sites excluding steroid dienone is 3. The fourth-order valence-electron chi connectivity index (χ4n) is 7.29. The van der Waals surface area contributed by atoms with Gasteiger partial charge in [-0.05, 0) is 39.2 Å². The molecular formula is C29H36O9. The number of aliphatic hydroxyl groups excluding tert-OH is 1. The molecule has 2 spiro atoms. The molecule has 0 radical (unpaired) electrons. The standard InChI is InChI=1S/C29H36O9/c1-16-9-10-28-14-33-24(31)12-17(2)25(32)26-35-18(3)19(36-26)7-5-6-8-23(30)38-20-13-22(37-21(28)11-16)29(15-34-29)27(20,28)4/h5-8,11-12,18-22,25-26,32H,9-10,13-15H2,1-4H3/b7-5-,8-6-,17-12-/t18-,19-,20+,21+,22+,25+,26+,27+,28+,29+/m0/s1. The van der Waals surface area contributed by atoms with Crippen molar-refractivity contribution in [3.8, 4) is 0 Å². The highest BCUT2D eigenvalue weighted by Gasteiger charge is 2.83. The summed E-state index contributed by atoms with van der Waals surface area (Å²) in [4.78, 5) is 26.0. The lowest BCUT2D eigenvalue weighted by Gasteiger charge is -2.58. The molecule has 6 rings (SSSR count). The van der Waals surface area contributed by atoms with Crippen LogP contribution in [-0.2, 0) is 38.0 Å². The van der Waals surface area contributed by atoms with E-state index < -0.39 is 53.0 Å². The minimum Gasteiger partial charge on any atom is -0.462 e. The Bertz CT molecular complexity index is 1130. The summed E-state index contributed by atoms with van der Waals surface area (Å²) in [6.07, 6.45) is 8.09. The molecule has 0 amide bonds. The number of esters is 2. The lowest BCUT2D eigenvalue weighted by atomic mass is 9.51. The average molecular weight is 529 g/mol. The van der Waals surface area contributed by atoms with E-state index >= 15 is 0 Å². The highest BCUT2D eigenvalue weighted by Crippen LogP contribution is 2.72. The predicted molar refractivity (Wildman–Crippen MR) is 134 cm³/mol. The van der Waals surface area contributed by atoms with E-state index in [2.05, 4.69) is 19.9 Å². The van der Waals surface area contributed by atoms with Crippen LogP contribution in [0.2, 0.25) is 0 Å². The maximum atomic E-state index is 13.1. The summed E-state index contributed by atoms with van der Waals surface area (Å²) < 4.78 is 36.4. The number of carbonyl (C=O) groups excluding carboxylic acids is 2. The van der Waals surface area contributed by atoms with E-state index in [1.165, 1.54) is 17.7 Å². The summed E-state index contributed by atoms with van der Waals surface area (Å²) in [6.45, 7) is 8.24. The number of hydrogen-bond acceptors (Lipinski definition) is 9. The van der Waals surface area contributed by atoms with Gasteiger partial charge in [0.25, 0.3) is 0 Å². The van der Waals surface area contributed by atoms with Gasteiger partial charge in [-0.25, -0.2) is 9.59 Å². The molecule has 0 aromatic heterocycles. The Labute approximate surface area is 222 Å². The van der Waals surface area contributed by atoms with Crippen molar-refractivity contribution in [2.24, 2.45) is 10.8 Å². The first kappa shape index (κ1) is 26.0. The zero-order valence-corrected chi connectivity index (χ0v) is 22.3. The minimum absolute atomic E-state index is 0.0661. The van der Waals surface area contributed by atoms with E-state index in [9.17, 15) is 14.7 Å². The summed E-state index contributed by atoms with van der Waals surface area (Å²) in [5, 5.41) is 10.8. The number of aliphatic hydroxyl groups is 1. The van der Waals surface area contributed by atoms with Gasteiger partial charge in [-0.2, -0.15) is 0 Å². The molecule has 206 valence electrons. The first-order valence-corrected chi connectivity index (χ1v) is 13.5. The zero-order chi connectivity index (χ0) is 26.9. The third-order valence-corrected chi connectivity index (χ3v) is 9.76. The van der Waals surface area contributed by atoms with Crippen molar-refractivity contribution in [3.05, 3.63) is 47.6 Å². The summed E-state index contributed by atoms with van der Waals surface area (Å²) in [5.41, 5.74) is -0.284. The fraction of sp³-hybridized carbons (Fsp3) is 0.655. The second kappa shape index (κ2) is 9.13. The summed E-state index contributed by atoms with van der Waals surface area (Å²) >= 11 is 0. The van der Waals surface area contributed by atoms with Gasteiger partial charge in [-0.3, -0.25) is 0 Å². The lowest BCUT2D eigenvalue weighted by molar-refractivity contribution is -0.232. The molecule has 0 aromatic rings. The Morgan fingerprint density at radius 3 is 2.58 bits per heavy atom. The largest absolute Gasteiger partial charge is 0.462 e. The van der Waals surface area contributed by atoms with Gasteiger partial charge in [0.1, 0.15) is 30.5 Å². The van der Waals surface area contributed by atoms with Crippen molar-refractivity contribution in [2.75, 3.05) is 13.2 Å². The van der Waals surface area contributed by atoms with Crippen LogP contribution in [0.15, 0.2) is 47.6 Å². The number of carbonyl (C=O) groups is 2. The van der Waals surface area contributed by atoms with Gasteiger partial charge in [-0.15, -0.1) is 0 Å². The van der Waals surface area contributed by atoms with Crippen molar-refractivity contribution < 1.29 is 43.1 Å². The normalized spacial score (nSPS) is 51.4. The predicted octanol–water partition coefficient (Wildman–Crippen LogP) is 2.68. The quantitative estimate of drug-likeness (QED) is 0.288. The zero-order valence-electron chi connectivity index (χ0n) is 22.3. The molecule has 0 aromatic carbocycles. The van der Waals surface area contributed by atoms with Crippen molar-refractivity contribution in [2.45, 2.75) is 95.5 Å². The molecule has 1 N–H and O–H groups in total. The van der Waals surface area contributed by atoms with Gasteiger partial charge in [0.2, 0.25) is 0 Å². The fourth-order valence-corrected chi connectivity index (χ4v) is 7.29. The number of hydrogen-bond donors (Lipinski definition) is 1. The average Bonchev–Trinajstić information content (AvgIpc) is 3.57. The van der Waals surface area contributed by atoms with E-state index in [-0.39, 0.29) is 24.9 Å². The molecule has 10 atom stereocenters. The van der Waals surface area contributed by atoms with Gasteiger partial charge in [0.15, 0.2) is 6.29 Å². The van der Waals surface area contributed by atoms with Crippen LogP contribution >= 0.6 is 0 Å². The van der Waals surface area contributed by atoms with E-state index in [4.69, 9.17) is 28.4 Å². The molecule has 4 bridgehead atoms. The highest BCUT2D eigenvalue weighted by atomic mass is 16.7. The van der Waals surface area contributed by atoms with Crippen molar-refractivity contribution >= 4 is 11.9 Å². The first-order valence-electron chi connectivity index (χ1n) is 13.5. The molecule has 4 heterocycles. The molecule has 4 aliphatic heterocycles. The molecule has 1 saturated carbocycles. The van der Waals surface area contributed by atoms with Crippen LogP contribution in [0.4, 0.5) is 0 Å². The van der Waals surface area contributed by atoms with Crippen LogP contribution in [0.25, 0.3) is 0 Å². The third-order valence-electron chi connectivity index (χ3n) is 9.76. The van der Waals surface area contributed by atoms with Crippen molar-refractivity contribution in [1.29, 1.82) is 0 Å². The second-order valence-corrected chi connectivity index (χ2v) is 11.8. The minimum atomic E-state index is -1.14. The molecule has 2 aliphatic carbocycles. The first-order chi connectivity index (χ1) is 18.1. The Morgan fingerprint density at radius 1 is 1.03 bits per heavy atom. The second-order valence-electron chi connectivity index (χ2n) is 11.8. The summed E-state index contributed by atoms with van der Waals surface area (Å²) in [7, 11) is 0. The van der Waals surface area contributed by atoms with E-state index in [1.54, 1.807) is 25.2 Å².